The second-order valence-electron chi connectivity index (χ2n) is 4.26. The minimum Gasteiger partial charge on any atom is -0.0885 e. The van der Waals surface area contributed by atoms with Gasteiger partial charge in [-0.15, -0.1) is 0 Å². The molecule has 0 saturated heterocycles. The van der Waals surface area contributed by atoms with Crippen LogP contribution in [0.5, 0.6) is 0 Å². The molecule has 0 unspecified atom stereocenters. The lowest BCUT2D eigenvalue weighted by molar-refractivity contribution is 0.476. The Hall–Kier alpha value is -0.520. The first kappa shape index (κ1) is 8.10. The van der Waals surface area contributed by atoms with E-state index in [9.17, 15) is 0 Å². The van der Waals surface area contributed by atoms with Crippen molar-refractivity contribution < 1.29 is 0 Å². The molecule has 1 saturated carbocycles. The quantitative estimate of drug-likeness (QED) is 0.475. The highest BCUT2D eigenvalue weighted by Gasteiger charge is 2.40. The summed E-state index contributed by atoms with van der Waals surface area (Å²) in [6.07, 6.45) is 19.0. The molecular formula is C12H18. The van der Waals surface area contributed by atoms with E-state index in [0.29, 0.717) is 0 Å². The standard InChI is InChI=1S/C12H18/c1-2-4-6-8-12(10-11-12)9-7-5-3-1/h2,4-5,7H,1,3,6,8-11H2/b4-2+,7-5+. The summed E-state index contributed by atoms with van der Waals surface area (Å²) in [5, 5.41) is 0. The Bertz CT molecular complexity index is 194. The average molecular weight is 162 g/mol. The highest BCUT2D eigenvalue weighted by molar-refractivity contribution is 5.02. The Morgan fingerprint density at radius 3 is 2.08 bits per heavy atom. The highest BCUT2D eigenvalue weighted by Crippen LogP contribution is 2.53. The molecule has 0 amide bonds. The molecule has 1 fully saturated rings. The van der Waals surface area contributed by atoms with Gasteiger partial charge in [-0.3, -0.25) is 0 Å². The van der Waals surface area contributed by atoms with Crippen LogP contribution in [0, 0.1) is 5.41 Å². The summed E-state index contributed by atoms with van der Waals surface area (Å²) < 4.78 is 0. The van der Waals surface area contributed by atoms with Crippen molar-refractivity contribution in [3.63, 3.8) is 0 Å². The first-order valence-electron chi connectivity index (χ1n) is 5.21. The van der Waals surface area contributed by atoms with Crippen LogP contribution in [-0.2, 0) is 0 Å². The number of allylic oxidation sites excluding steroid dienone is 4. The van der Waals surface area contributed by atoms with Crippen LogP contribution in [-0.4, -0.2) is 0 Å². The third kappa shape index (κ3) is 2.00. The van der Waals surface area contributed by atoms with Gasteiger partial charge in [0.05, 0.1) is 0 Å². The van der Waals surface area contributed by atoms with Crippen molar-refractivity contribution in [1.82, 2.24) is 0 Å². The molecule has 0 radical (unpaired) electrons. The van der Waals surface area contributed by atoms with Crippen LogP contribution in [0.25, 0.3) is 0 Å². The molecule has 0 aromatic heterocycles. The van der Waals surface area contributed by atoms with Gasteiger partial charge in [0.25, 0.3) is 0 Å². The Labute approximate surface area is 75.4 Å². The molecule has 0 atom stereocenters. The molecule has 0 heteroatoms. The largest absolute Gasteiger partial charge is 0.0885 e. The van der Waals surface area contributed by atoms with Gasteiger partial charge < -0.3 is 0 Å². The summed E-state index contributed by atoms with van der Waals surface area (Å²) in [5.41, 5.74) is 0.748. The normalized spacial score (nSPS) is 32.7. The Morgan fingerprint density at radius 2 is 1.33 bits per heavy atom. The van der Waals surface area contributed by atoms with Crippen molar-refractivity contribution in [1.29, 1.82) is 0 Å². The molecule has 1 spiro atoms. The fourth-order valence-electron chi connectivity index (χ4n) is 2.00. The zero-order valence-corrected chi connectivity index (χ0v) is 7.76. The molecule has 2 aliphatic carbocycles. The Balaban J connectivity index is 1.93. The molecule has 0 N–H and O–H groups in total. The molecule has 0 heterocycles. The predicted molar refractivity (Wildman–Crippen MR) is 53.0 cm³/mol. The van der Waals surface area contributed by atoms with E-state index in [-0.39, 0.29) is 0 Å². The molecule has 2 rings (SSSR count). The molecule has 12 heavy (non-hydrogen) atoms. The maximum atomic E-state index is 2.41. The van der Waals surface area contributed by atoms with Crippen molar-refractivity contribution in [2.24, 2.45) is 5.41 Å². The Morgan fingerprint density at radius 1 is 0.667 bits per heavy atom. The maximum Gasteiger partial charge on any atom is -0.0260 e. The molecule has 0 aliphatic heterocycles. The van der Waals surface area contributed by atoms with Gasteiger partial charge in [-0.2, -0.15) is 0 Å². The van der Waals surface area contributed by atoms with Crippen LogP contribution in [0.2, 0.25) is 0 Å². The first-order valence-corrected chi connectivity index (χ1v) is 5.21. The van der Waals surface area contributed by atoms with Gasteiger partial charge in [-0.25, -0.2) is 0 Å². The number of hydrogen-bond acceptors (Lipinski definition) is 0. The lowest BCUT2D eigenvalue weighted by Crippen LogP contribution is -1.97. The van der Waals surface area contributed by atoms with Crippen molar-refractivity contribution in [2.75, 3.05) is 0 Å². The van der Waals surface area contributed by atoms with E-state index in [1.54, 1.807) is 0 Å². The first-order chi connectivity index (χ1) is 5.91. The van der Waals surface area contributed by atoms with Crippen molar-refractivity contribution in [3.8, 4) is 0 Å². The third-order valence-electron chi connectivity index (χ3n) is 3.18. The Kier molecular flexibility index (Phi) is 2.34. The van der Waals surface area contributed by atoms with Gasteiger partial charge in [-0.05, 0) is 50.4 Å². The van der Waals surface area contributed by atoms with Gasteiger partial charge in [0.1, 0.15) is 0 Å². The van der Waals surface area contributed by atoms with Crippen LogP contribution < -0.4 is 0 Å². The topological polar surface area (TPSA) is 0 Å². The summed E-state index contributed by atoms with van der Waals surface area (Å²) in [5.74, 6) is 0. The summed E-state index contributed by atoms with van der Waals surface area (Å²) in [4.78, 5) is 0. The van der Waals surface area contributed by atoms with Crippen molar-refractivity contribution in [2.45, 2.75) is 44.9 Å². The van der Waals surface area contributed by atoms with Gasteiger partial charge in [0, 0.05) is 0 Å². The lowest BCUT2D eigenvalue weighted by atomic mass is 9.95. The fourth-order valence-corrected chi connectivity index (χ4v) is 2.00. The van der Waals surface area contributed by atoms with E-state index in [2.05, 4.69) is 24.3 Å². The second kappa shape index (κ2) is 3.47. The van der Waals surface area contributed by atoms with Crippen LogP contribution in [0.15, 0.2) is 24.3 Å². The third-order valence-corrected chi connectivity index (χ3v) is 3.18. The van der Waals surface area contributed by atoms with Gasteiger partial charge in [-0.1, -0.05) is 24.3 Å². The van der Waals surface area contributed by atoms with Crippen molar-refractivity contribution >= 4 is 0 Å². The molecule has 2 aliphatic rings. The van der Waals surface area contributed by atoms with Crippen molar-refractivity contribution in [3.05, 3.63) is 24.3 Å². The maximum absolute atomic E-state index is 2.41. The smallest absolute Gasteiger partial charge is 0.0260 e. The number of hydrogen-bond donors (Lipinski definition) is 0. The van der Waals surface area contributed by atoms with E-state index in [1.807, 2.05) is 0 Å². The SMILES string of the molecule is C1=C/CCC2(C/C=C/CC/1)CC2. The molecule has 0 bridgehead atoms. The second-order valence-corrected chi connectivity index (χ2v) is 4.26. The van der Waals surface area contributed by atoms with Crippen LogP contribution >= 0.6 is 0 Å². The van der Waals surface area contributed by atoms with Gasteiger partial charge in [0.15, 0.2) is 0 Å². The highest BCUT2D eigenvalue weighted by atomic mass is 14.4. The van der Waals surface area contributed by atoms with Gasteiger partial charge in [0.2, 0.25) is 0 Å². The van der Waals surface area contributed by atoms with E-state index in [1.165, 1.54) is 44.9 Å². The summed E-state index contributed by atoms with van der Waals surface area (Å²) in [6.45, 7) is 0. The van der Waals surface area contributed by atoms with Gasteiger partial charge >= 0.3 is 0 Å². The molecule has 0 nitrogen and oxygen atoms in total. The summed E-state index contributed by atoms with van der Waals surface area (Å²) in [7, 11) is 0. The zero-order chi connectivity index (χ0) is 8.28. The molecule has 0 aromatic rings. The molecule has 66 valence electrons. The predicted octanol–water partition coefficient (Wildman–Crippen LogP) is 3.84. The van der Waals surface area contributed by atoms with E-state index < -0.39 is 0 Å². The minimum absolute atomic E-state index is 0.748. The van der Waals surface area contributed by atoms with E-state index in [0.717, 1.165) is 5.41 Å². The van der Waals surface area contributed by atoms with Crippen LogP contribution in [0.4, 0.5) is 0 Å². The van der Waals surface area contributed by atoms with E-state index >= 15 is 0 Å². The van der Waals surface area contributed by atoms with E-state index in [4.69, 9.17) is 0 Å². The fraction of sp³-hybridized carbons (Fsp3) is 0.667. The minimum atomic E-state index is 0.748. The average Bonchev–Trinajstić information content (AvgIpc) is 2.84. The summed E-state index contributed by atoms with van der Waals surface area (Å²) >= 11 is 0. The number of rotatable bonds is 0. The zero-order valence-electron chi connectivity index (χ0n) is 7.76. The lowest BCUT2D eigenvalue weighted by Gasteiger charge is -2.11. The van der Waals surface area contributed by atoms with Crippen LogP contribution in [0.1, 0.15) is 44.9 Å². The van der Waals surface area contributed by atoms with Crippen LogP contribution in [0.3, 0.4) is 0 Å². The molecule has 0 aromatic carbocycles. The monoisotopic (exact) mass is 162 g/mol. The summed E-state index contributed by atoms with van der Waals surface area (Å²) in [6, 6.07) is 0. The molecular weight excluding hydrogens is 144 g/mol.